The van der Waals surface area contributed by atoms with Crippen LogP contribution < -0.4 is 0 Å². The zero-order chi connectivity index (χ0) is 13.3. The lowest BCUT2D eigenvalue weighted by molar-refractivity contribution is 0.0697. The number of nitrogens with zero attached hydrogens (tertiary/aromatic N) is 2. The Morgan fingerprint density at radius 1 is 1.22 bits per heavy atom. The highest BCUT2D eigenvalue weighted by Crippen LogP contribution is 2.28. The summed E-state index contributed by atoms with van der Waals surface area (Å²) in [5.41, 5.74) is 0.869. The van der Waals surface area contributed by atoms with Gasteiger partial charge in [-0.3, -0.25) is 0 Å². The normalized spacial score (nSPS) is 10.4. The van der Waals surface area contributed by atoms with E-state index in [-0.39, 0.29) is 5.56 Å². The van der Waals surface area contributed by atoms with Gasteiger partial charge in [-0.25, -0.2) is 14.8 Å². The van der Waals surface area contributed by atoms with Crippen LogP contribution in [-0.2, 0) is 0 Å². The molecular weight excluding hydrogens is 275 g/mol. The number of aromatic nitrogens is 2. The molecule has 0 saturated carbocycles. The highest BCUT2D eigenvalue weighted by Gasteiger charge is 2.15. The van der Waals surface area contributed by atoms with Gasteiger partial charge >= 0.3 is 5.97 Å². The number of aromatic carboxylic acids is 1. The van der Waals surface area contributed by atoms with Crippen LogP contribution in [0.1, 0.15) is 16.2 Å². The molecule has 1 N–H and O–H groups in total. The quantitative estimate of drug-likeness (QED) is 0.916. The first-order chi connectivity index (χ1) is 8.47. The summed E-state index contributed by atoms with van der Waals surface area (Å²) in [5.74, 6) is -0.618. The summed E-state index contributed by atoms with van der Waals surface area (Å²) in [4.78, 5) is 19.1. The second-order valence-corrected chi connectivity index (χ2v) is 4.52. The van der Waals surface area contributed by atoms with Gasteiger partial charge in [-0.05, 0) is 25.1 Å². The highest BCUT2D eigenvalue weighted by atomic mass is 35.5. The minimum atomic E-state index is -1.10. The molecule has 0 bridgehead atoms. The highest BCUT2D eigenvalue weighted by molar-refractivity contribution is 6.35. The number of carboxylic acid groups (broad SMARTS) is 1. The number of aryl methyl sites for hydroxylation is 1. The summed E-state index contributed by atoms with van der Waals surface area (Å²) in [6, 6.07) is 4.80. The summed E-state index contributed by atoms with van der Waals surface area (Å²) in [7, 11) is 0. The average molecular weight is 283 g/mol. The Morgan fingerprint density at radius 2 is 1.83 bits per heavy atom. The van der Waals surface area contributed by atoms with E-state index in [2.05, 4.69) is 9.97 Å². The van der Waals surface area contributed by atoms with E-state index in [4.69, 9.17) is 28.3 Å². The number of hydrogen-bond acceptors (Lipinski definition) is 3. The summed E-state index contributed by atoms with van der Waals surface area (Å²) in [5, 5.41) is 9.95. The van der Waals surface area contributed by atoms with E-state index >= 15 is 0 Å². The molecule has 4 nitrogen and oxygen atoms in total. The SMILES string of the molecule is Cc1ncc(C(=O)O)c(-c2cc(Cl)cc(Cl)c2)n1. The molecule has 0 unspecified atom stereocenters. The van der Waals surface area contributed by atoms with E-state index < -0.39 is 5.97 Å². The first-order valence-corrected chi connectivity index (χ1v) is 5.76. The van der Waals surface area contributed by atoms with Crippen molar-refractivity contribution in [1.29, 1.82) is 0 Å². The van der Waals surface area contributed by atoms with Crippen molar-refractivity contribution >= 4 is 29.2 Å². The average Bonchev–Trinajstić information content (AvgIpc) is 2.27. The van der Waals surface area contributed by atoms with Gasteiger partial charge in [0.1, 0.15) is 11.4 Å². The van der Waals surface area contributed by atoms with Crippen molar-refractivity contribution < 1.29 is 9.90 Å². The molecule has 1 heterocycles. The molecule has 0 aliphatic heterocycles. The summed E-state index contributed by atoms with van der Waals surface area (Å²) >= 11 is 11.8. The van der Waals surface area contributed by atoms with E-state index in [1.807, 2.05) is 0 Å². The predicted octanol–water partition coefficient (Wildman–Crippen LogP) is 3.46. The van der Waals surface area contributed by atoms with Gasteiger partial charge in [-0.15, -0.1) is 0 Å². The van der Waals surface area contributed by atoms with Gasteiger partial charge in [0, 0.05) is 21.8 Å². The van der Waals surface area contributed by atoms with Gasteiger partial charge in [0.15, 0.2) is 0 Å². The van der Waals surface area contributed by atoms with Crippen molar-refractivity contribution in [3.8, 4) is 11.3 Å². The van der Waals surface area contributed by atoms with Crippen molar-refractivity contribution in [2.45, 2.75) is 6.92 Å². The van der Waals surface area contributed by atoms with Gasteiger partial charge in [0.05, 0.1) is 5.69 Å². The van der Waals surface area contributed by atoms with Crippen LogP contribution in [0.3, 0.4) is 0 Å². The lowest BCUT2D eigenvalue weighted by Crippen LogP contribution is -2.04. The third kappa shape index (κ3) is 2.60. The van der Waals surface area contributed by atoms with Crippen molar-refractivity contribution in [1.82, 2.24) is 9.97 Å². The molecule has 2 rings (SSSR count). The summed E-state index contributed by atoms with van der Waals surface area (Å²) in [6.45, 7) is 1.68. The van der Waals surface area contributed by atoms with Crippen LogP contribution in [0, 0.1) is 6.92 Å². The molecule has 0 fully saturated rings. The Kier molecular flexibility index (Phi) is 3.50. The van der Waals surface area contributed by atoms with Gasteiger partial charge in [0.25, 0.3) is 0 Å². The Labute approximate surface area is 113 Å². The minimum absolute atomic E-state index is 0.0129. The molecule has 0 atom stereocenters. The summed E-state index contributed by atoms with van der Waals surface area (Å²) in [6.07, 6.45) is 1.27. The number of benzene rings is 1. The topological polar surface area (TPSA) is 63.1 Å². The largest absolute Gasteiger partial charge is 0.478 e. The monoisotopic (exact) mass is 282 g/mol. The van der Waals surface area contributed by atoms with E-state index in [9.17, 15) is 4.79 Å². The third-order valence-corrected chi connectivity index (χ3v) is 2.71. The fraction of sp³-hybridized carbons (Fsp3) is 0.0833. The first kappa shape index (κ1) is 12.8. The van der Waals surface area contributed by atoms with Gasteiger partial charge in [-0.1, -0.05) is 23.2 Å². The summed E-state index contributed by atoms with van der Waals surface area (Å²) < 4.78 is 0. The Hall–Kier alpha value is -1.65. The van der Waals surface area contributed by atoms with E-state index in [0.717, 1.165) is 0 Å². The number of carboxylic acids is 1. The molecule has 0 aliphatic rings. The molecule has 92 valence electrons. The predicted molar refractivity (Wildman–Crippen MR) is 69.2 cm³/mol. The van der Waals surface area contributed by atoms with E-state index in [0.29, 0.717) is 27.1 Å². The van der Waals surface area contributed by atoms with Crippen molar-refractivity contribution in [3.05, 3.63) is 45.8 Å². The zero-order valence-electron chi connectivity index (χ0n) is 9.32. The van der Waals surface area contributed by atoms with Gasteiger partial charge < -0.3 is 5.11 Å². The maximum atomic E-state index is 11.1. The molecule has 0 aliphatic carbocycles. The number of hydrogen-bond donors (Lipinski definition) is 1. The van der Waals surface area contributed by atoms with Gasteiger partial charge in [0.2, 0.25) is 0 Å². The smallest absolute Gasteiger partial charge is 0.339 e. The number of halogens is 2. The van der Waals surface area contributed by atoms with Crippen LogP contribution in [-0.4, -0.2) is 21.0 Å². The molecule has 6 heteroatoms. The van der Waals surface area contributed by atoms with Crippen LogP contribution >= 0.6 is 23.2 Å². The van der Waals surface area contributed by atoms with Crippen LogP contribution in [0.15, 0.2) is 24.4 Å². The van der Waals surface area contributed by atoms with Crippen molar-refractivity contribution in [2.24, 2.45) is 0 Å². The van der Waals surface area contributed by atoms with Crippen molar-refractivity contribution in [2.75, 3.05) is 0 Å². The molecule has 1 aromatic heterocycles. The number of rotatable bonds is 2. The van der Waals surface area contributed by atoms with Gasteiger partial charge in [-0.2, -0.15) is 0 Å². The Morgan fingerprint density at radius 3 is 2.39 bits per heavy atom. The molecule has 2 aromatic rings. The second kappa shape index (κ2) is 4.92. The molecule has 18 heavy (non-hydrogen) atoms. The minimum Gasteiger partial charge on any atom is -0.478 e. The maximum Gasteiger partial charge on any atom is 0.339 e. The molecule has 0 spiro atoms. The lowest BCUT2D eigenvalue weighted by Gasteiger charge is -2.07. The standard InChI is InChI=1S/C12H8Cl2N2O2/c1-6-15-5-10(12(17)18)11(16-6)7-2-8(13)4-9(14)3-7/h2-5H,1H3,(H,17,18). The molecule has 0 saturated heterocycles. The van der Waals surface area contributed by atoms with E-state index in [1.54, 1.807) is 25.1 Å². The van der Waals surface area contributed by atoms with Crippen LogP contribution in [0.5, 0.6) is 0 Å². The van der Waals surface area contributed by atoms with Crippen LogP contribution in [0.2, 0.25) is 10.0 Å². The molecule has 0 amide bonds. The lowest BCUT2D eigenvalue weighted by atomic mass is 10.1. The molecule has 1 aromatic carbocycles. The maximum absolute atomic E-state index is 11.1. The third-order valence-electron chi connectivity index (χ3n) is 2.28. The fourth-order valence-electron chi connectivity index (χ4n) is 1.54. The fourth-order valence-corrected chi connectivity index (χ4v) is 2.06. The Bertz CT molecular complexity index is 609. The second-order valence-electron chi connectivity index (χ2n) is 3.64. The van der Waals surface area contributed by atoms with E-state index in [1.165, 1.54) is 6.20 Å². The molecule has 0 radical (unpaired) electrons. The van der Waals surface area contributed by atoms with Crippen molar-refractivity contribution in [3.63, 3.8) is 0 Å². The van der Waals surface area contributed by atoms with Crippen LogP contribution in [0.4, 0.5) is 0 Å². The van der Waals surface area contributed by atoms with Crippen LogP contribution in [0.25, 0.3) is 11.3 Å². The molecular formula is C12H8Cl2N2O2. The number of carbonyl (C=O) groups is 1. The Balaban J connectivity index is 2.68. The zero-order valence-corrected chi connectivity index (χ0v) is 10.8. The first-order valence-electron chi connectivity index (χ1n) is 5.01.